The first-order chi connectivity index (χ1) is 10.6. The fraction of sp³-hybridized carbons (Fsp3) is 0.812. The average molecular weight is 307 g/mol. The molecule has 2 N–H and O–H groups in total. The Morgan fingerprint density at radius 2 is 1.64 bits per heavy atom. The van der Waals surface area contributed by atoms with Crippen LogP contribution < -0.4 is 5.73 Å². The maximum absolute atomic E-state index is 12.6. The summed E-state index contributed by atoms with van der Waals surface area (Å²) in [6.07, 6.45) is 6.18. The van der Waals surface area contributed by atoms with Crippen molar-refractivity contribution in [2.45, 2.75) is 51.0 Å². The number of rotatable bonds is 3. The van der Waals surface area contributed by atoms with Crippen molar-refractivity contribution >= 4 is 17.7 Å². The normalized spacial score (nSPS) is 27.6. The van der Waals surface area contributed by atoms with E-state index in [1.54, 1.807) is 0 Å². The van der Waals surface area contributed by atoms with Gasteiger partial charge in [-0.25, -0.2) is 0 Å². The van der Waals surface area contributed by atoms with Crippen LogP contribution in [0.3, 0.4) is 0 Å². The summed E-state index contributed by atoms with van der Waals surface area (Å²) >= 11 is 0. The number of hydrogen-bond acceptors (Lipinski definition) is 3. The van der Waals surface area contributed by atoms with Gasteiger partial charge in [0.1, 0.15) is 0 Å². The van der Waals surface area contributed by atoms with Crippen LogP contribution in [-0.2, 0) is 14.4 Å². The standard InChI is InChI=1S/C16H25N3O3/c17-15(21)11-5-7-18(8-6-11)16(22)12-9-14(20)19(10-12)13-3-1-2-4-13/h11-13H,1-10H2,(H2,17,21). The van der Waals surface area contributed by atoms with Crippen molar-refractivity contribution in [3.63, 3.8) is 0 Å². The molecule has 1 unspecified atom stereocenters. The molecule has 1 saturated carbocycles. The Bertz CT molecular complexity index is 465. The lowest BCUT2D eigenvalue weighted by atomic mass is 9.95. The number of amides is 3. The fourth-order valence-corrected chi connectivity index (χ4v) is 4.11. The van der Waals surface area contributed by atoms with Crippen molar-refractivity contribution < 1.29 is 14.4 Å². The quantitative estimate of drug-likeness (QED) is 0.824. The van der Waals surface area contributed by atoms with E-state index in [-0.39, 0.29) is 29.6 Å². The van der Waals surface area contributed by atoms with Crippen LogP contribution in [0.25, 0.3) is 0 Å². The summed E-state index contributed by atoms with van der Waals surface area (Å²) < 4.78 is 0. The first kappa shape index (κ1) is 15.3. The molecule has 2 aliphatic heterocycles. The van der Waals surface area contributed by atoms with Crippen molar-refractivity contribution in [3.05, 3.63) is 0 Å². The lowest BCUT2D eigenvalue weighted by molar-refractivity contribution is -0.138. The molecule has 3 aliphatic rings. The highest BCUT2D eigenvalue weighted by atomic mass is 16.2. The number of nitrogens with two attached hydrogens (primary N) is 1. The minimum absolute atomic E-state index is 0.0803. The molecule has 122 valence electrons. The lowest BCUT2D eigenvalue weighted by Crippen LogP contribution is -2.45. The lowest BCUT2D eigenvalue weighted by Gasteiger charge is -2.32. The third-order valence-corrected chi connectivity index (χ3v) is 5.48. The summed E-state index contributed by atoms with van der Waals surface area (Å²) in [5.74, 6) is -0.355. The monoisotopic (exact) mass is 307 g/mol. The molecular formula is C16H25N3O3. The Morgan fingerprint density at radius 3 is 2.23 bits per heavy atom. The number of carbonyl (C=O) groups is 3. The van der Waals surface area contributed by atoms with Gasteiger partial charge in [0.05, 0.1) is 5.92 Å². The summed E-state index contributed by atoms with van der Waals surface area (Å²) in [4.78, 5) is 39.7. The molecule has 1 atom stereocenters. The number of carbonyl (C=O) groups excluding carboxylic acids is 3. The maximum atomic E-state index is 12.6. The van der Waals surface area contributed by atoms with Crippen LogP contribution >= 0.6 is 0 Å². The Balaban J connectivity index is 1.55. The minimum atomic E-state index is -0.268. The van der Waals surface area contributed by atoms with E-state index in [1.807, 2.05) is 9.80 Å². The molecule has 2 heterocycles. The number of hydrogen-bond donors (Lipinski definition) is 1. The van der Waals surface area contributed by atoms with Crippen LogP contribution in [-0.4, -0.2) is 53.2 Å². The molecule has 6 nitrogen and oxygen atoms in total. The smallest absolute Gasteiger partial charge is 0.227 e. The van der Waals surface area contributed by atoms with Crippen LogP contribution in [0.5, 0.6) is 0 Å². The number of piperidine rings is 1. The molecule has 3 amide bonds. The zero-order valence-corrected chi connectivity index (χ0v) is 13.0. The van der Waals surface area contributed by atoms with Crippen molar-refractivity contribution in [2.75, 3.05) is 19.6 Å². The van der Waals surface area contributed by atoms with Gasteiger partial charge in [-0.2, -0.15) is 0 Å². The van der Waals surface area contributed by atoms with E-state index in [9.17, 15) is 14.4 Å². The van der Waals surface area contributed by atoms with Gasteiger partial charge in [0.25, 0.3) is 0 Å². The van der Waals surface area contributed by atoms with E-state index >= 15 is 0 Å². The Morgan fingerprint density at radius 1 is 1.00 bits per heavy atom. The van der Waals surface area contributed by atoms with Crippen LogP contribution in [0.2, 0.25) is 0 Å². The van der Waals surface area contributed by atoms with E-state index in [0.717, 1.165) is 12.8 Å². The van der Waals surface area contributed by atoms with E-state index in [1.165, 1.54) is 12.8 Å². The van der Waals surface area contributed by atoms with Gasteiger partial charge >= 0.3 is 0 Å². The summed E-state index contributed by atoms with van der Waals surface area (Å²) in [5.41, 5.74) is 5.32. The second-order valence-corrected chi connectivity index (χ2v) is 6.89. The molecule has 0 spiro atoms. The number of nitrogens with zero attached hydrogens (tertiary/aromatic N) is 2. The van der Waals surface area contributed by atoms with Gasteiger partial charge in [-0.1, -0.05) is 12.8 Å². The van der Waals surface area contributed by atoms with Gasteiger partial charge in [0.15, 0.2) is 0 Å². The van der Waals surface area contributed by atoms with Crippen molar-refractivity contribution in [3.8, 4) is 0 Å². The second-order valence-electron chi connectivity index (χ2n) is 6.89. The predicted octanol–water partition coefficient (Wildman–Crippen LogP) is 0.501. The van der Waals surface area contributed by atoms with Crippen LogP contribution in [0.1, 0.15) is 44.9 Å². The van der Waals surface area contributed by atoms with Gasteiger partial charge in [0.2, 0.25) is 17.7 Å². The van der Waals surface area contributed by atoms with Crippen LogP contribution in [0, 0.1) is 11.8 Å². The highest BCUT2D eigenvalue weighted by molar-refractivity contribution is 5.89. The Kier molecular flexibility index (Phi) is 4.36. The van der Waals surface area contributed by atoms with Gasteiger partial charge in [-0.05, 0) is 25.7 Å². The van der Waals surface area contributed by atoms with Gasteiger partial charge in [0, 0.05) is 38.0 Å². The number of primary amides is 1. The average Bonchev–Trinajstić information content (AvgIpc) is 3.15. The summed E-state index contributed by atoms with van der Waals surface area (Å²) in [5, 5.41) is 0. The van der Waals surface area contributed by atoms with E-state index in [4.69, 9.17) is 5.73 Å². The van der Waals surface area contributed by atoms with Crippen molar-refractivity contribution in [1.82, 2.24) is 9.80 Å². The molecule has 3 rings (SSSR count). The third kappa shape index (κ3) is 2.96. The van der Waals surface area contributed by atoms with E-state index < -0.39 is 0 Å². The SMILES string of the molecule is NC(=O)C1CCN(C(=O)C2CC(=O)N(C3CCCC3)C2)CC1. The Hall–Kier alpha value is -1.59. The molecule has 6 heteroatoms. The summed E-state index contributed by atoms with van der Waals surface area (Å²) in [6.45, 7) is 1.75. The minimum Gasteiger partial charge on any atom is -0.369 e. The number of likely N-dealkylation sites (tertiary alicyclic amines) is 2. The van der Waals surface area contributed by atoms with Gasteiger partial charge in [-0.15, -0.1) is 0 Å². The summed E-state index contributed by atoms with van der Waals surface area (Å²) in [6, 6.07) is 0.353. The van der Waals surface area contributed by atoms with Gasteiger partial charge < -0.3 is 15.5 Å². The molecule has 0 aromatic carbocycles. The molecule has 0 aromatic heterocycles. The molecule has 0 bridgehead atoms. The molecule has 22 heavy (non-hydrogen) atoms. The molecule has 2 saturated heterocycles. The second kappa shape index (κ2) is 6.26. The topological polar surface area (TPSA) is 83.7 Å². The molecule has 0 aromatic rings. The third-order valence-electron chi connectivity index (χ3n) is 5.48. The first-order valence-corrected chi connectivity index (χ1v) is 8.44. The summed E-state index contributed by atoms with van der Waals surface area (Å²) in [7, 11) is 0. The van der Waals surface area contributed by atoms with Crippen molar-refractivity contribution in [1.29, 1.82) is 0 Å². The van der Waals surface area contributed by atoms with Crippen LogP contribution in [0.15, 0.2) is 0 Å². The van der Waals surface area contributed by atoms with Crippen molar-refractivity contribution in [2.24, 2.45) is 17.6 Å². The first-order valence-electron chi connectivity index (χ1n) is 8.44. The largest absolute Gasteiger partial charge is 0.369 e. The fourth-order valence-electron chi connectivity index (χ4n) is 4.11. The van der Waals surface area contributed by atoms with E-state index in [2.05, 4.69) is 0 Å². The maximum Gasteiger partial charge on any atom is 0.227 e. The predicted molar refractivity (Wildman–Crippen MR) is 80.6 cm³/mol. The molecule has 3 fully saturated rings. The molecular weight excluding hydrogens is 282 g/mol. The Labute approximate surface area is 131 Å². The highest BCUT2D eigenvalue weighted by Crippen LogP contribution is 2.30. The molecule has 1 aliphatic carbocycles. The molecule has 0 radical (unpaired) electrons. The van der Waals surface area contributed by atoms with Crippen LogP contribution in [0.4, 0.5) is 0 Å². The zero-order chi connectivity index (χ0) is 15.7. The highest BCUT2D eigenvalue weighted by Gasteiger charge is 2.40. The van der Waals surface area contributed by atoms with Gasteiger partial charge in [-0.3, -0.25) is 14.4 Å². The zero-order valence-electron chi connectivity index (χ0n) is 13.0. The van der Waals surface area contributed by atoms with E-state index in [0.29, 0.717) is 44.9 Å².